The first-order chi connectivity index (χ1) is 8.38. The summed E-state index contributed by atoms with van der Waals surface area (Å²) in [5.74, 6) is 0.696. The molecule has 3 rings (SSSR count). The van der Waals surface area contributed by atoms with Gasteiger partial charge in [0, 0.05) is 22.4 Å². The van der Waals surface area contributed by atoms with Crippen molar-refractivity contribution >= 4 is 21.8 Å². The second-order valence-corrected chi connectivity index (χ2v) is 3.92. The maximum Gasteiger partial charge on any atom is 0.123 e. The van der Waals surface area contributed by atoms with Crippen molar-refractivity contribution < 1.29 is 9.13 Å². The Kier molecular flexibility index (Phi) is 2.44. The van der Waals surface area contributed by atoms with Crippen LogP contribution in [0.2, 0.25) is 0 Å². The van der Waals surface area contributed by atoms with Gasteiger partial charge < -0.3 is 9.72 Å². The predicted octanol–water partition coefficient (Wildman–Crippen LogP) is 3.67. The minimum absolute atomic E-state index is 0.103. The number of benzene rings is 2. The van der Waals surface area contributed by atoms with Crippen molar-refractivity contribution in [1.82, 2.24) is 4.98 Å². The molecule has 3 aromatic rings. The lowest BCUT2D eigenvalue weighted by Crippen LogP contribution is -1.98. The van der Waals surface area contributed by atoms with Crippen LogP contribution in [0.25, 0.3) is 21.8 Å². The van der Waals surface area contributed by atoms with Gasteiger partial charge in [-0.25, -0.2) is 4.39 Å². The van der Waals surface area contributed by atoms with Gasteiger partial charge in [0.15, 0.2) is 0 Å². The number of hydrogen-bond acceptors (Lipinski definition) is 1. The number of fused-ring (bicyclic) bond motifs is 3. The molecule has 0 aliphatic heterocycles. The van der Waals surface area contributed by atoms with Gasteiger partial charge >= 0.3 is 0 Å². The summed E-state index contributed by atoms with van der Waals surface area (Å²) in [5, 5.41) is 2.35. The number of aromatic nitrogens is 1. The molecule has 0 spiro atoms. The molecule has 86 valence electrons. The second kappa shape index (κ2) is 4.09. The molecule has 1 heterocycles. The van der Waals surface area contributed by atoms with Crippen LogP contribution in [-0.4, -0.2) is 18.3 Å². The van der Waals surface area contributed by atoms with Crippen LogP contribution in [0.4, 0.5) is 4.39 Å². The molecule has 0 unspecified atom stereocenters. The number of hydrogen-bond donors (Lipinski definition) is 1. The molecule has 0 radical (unpaired) electrons. The van der Waals surface area contributed by atoms with E-state index in [-0.39, 0.29) is 6.61 Å². The third-order valence-electron chi connectivity index (χ3n) is 2.82. The topological polar surface area (TPSA) is 25.0 Å². The number of nitrogens with one attached hydrogen (secondary N) is 1. The van der Waals surface area contributed by atoms with Gasteiger partial charge in [-0.2, -0.15) is 0 Å². The fourth-order valence-electron chi connectivity index (χ4n) is 2.08. The van der Waals surface area contributed by atoms with E-state index in [1.54, 1.807) is 0 Å². The molecule has 0 saturated heterocycles. The number of halogens is 1. The van der Waals surface area contributed by atoms with Crippen molar-refractivity contribution in [2.24, 2.45) is 0 Å². The molecular formula is C14H12FNO. The van der Waals surface area contributed by atoms with E-state index in [1.807, 2.05) is 36.4 Å². The number of ether oxygens (including phenoxy) is 1. The Morgan fingerprint density at radius 1 is 1.00 bits per heavy atom. The zero-order chi connectivity index (χ0) is 11.7. The third kappa shape index (κ3) is 1.73. The summed E-state index contributed by atoms with van der Waals surface area (Å²) in [6.45, 7) is -0.365. The maximum absolute atomic E-state index is 12.0. The Hall–Kier alpha value is -2.03. The quantitative estimate of drug-likeness (QED) is 0.727. The predicted molar refractivity (Wildman–Crippen MR) is 67.3 cm³/mol. The molecule has 3 heteroatoms. The maximum atomic E-state index is 12.0. The van der Waals surface area contributed by atoms with Crippen LogP contribution in [0.1, 0.15) is 0 Å². The molecule has 0 saturated carbocycles. The molecule has 17 heavy (non-hydrogen) atoms. The summed E-state index contributed by atoms with van der Waals surface area (Å²) in [7, 11) is 0. The monoisotopic (exact) mass is 228 g/mol. The van der Waals surface area contributed by atoms with Crippen LogP contribution >= 0.6 is 0 Å². The number of H-pyrrole nitrogens is 1. The normalized spacial score (nSPS) is 11.1. The highest BCUT2D eigenvalue weighted by Crippen LogP contribution is 2.27. The van der Waals surface area contributed by atoms with E-state index in [0.29, 0.717) is 5.75 Å². The van der Waals surface area contributed by atoms with Crippen LogP contribution in [-0.2, 0) is 0 Å². The van der Waals surface area contributed by atoms with Crippen molar-refractivity contribution in [3.05, 3.63) is 42.5 Å². The summed E-state index contributed by atoms with van der Waals surface area (Å²) in [6, 6.07) is 13.9. The summed E-state index contributed by atoms with van der Waals surface area (Å²) < 4.78 is 17.3. The smallest absolute Gasteiger partial charge is 0.123 e. The lowest BCUT2D eigenvalue weighted by atomic mass is 10.1. The van der Waals surface area contributed by atoms with Gasteiger partial charge in [-0.15, -0.1) is 0 Å². The lowest BCUT2D eigenvalue weighted by Gasteiger charge is -2.02. The zero-order valence-corrected chi connectivity index (χ0v) is 9.24. The summed E-state index contributed by atoms with van der Waals surface area (Å²) in [5.41, 5.74) is 2.12. The Bertz CT molecular complexity index is 659. The molecule has 1 N–H and O–H groups in total. The highest BCUT2D eigenvalue weighted by Gasteiger charge is 2.04. The summed E-state index contributed by atoms with van der Waals surface area (Å²) >= 11 is 0. The fraction of sp³-hybridized carbons (Fsp3) is 0.143. The van der Waals surface area contributed by atoms with Crippen LogP contribution in [0, 0.1) is 0 Å². The first-order valence-corrected chi connectivity index (χ1v) is 5.58. The van der Waals surface area contributed by atoms with E-state index >= 15 is 0 Å². The molecular weight excluding hydrogens is 216 g/mol. The molecule has 2 aromatic carbocycles. The molecule has 2 nitrogen and oxygen atoms in total. The standard InChI is InChI=1S/C14H12FNO/c15-7-8-17-10-5-6-12-11-3-1-2-4-13(11)16-14(12)9-10/h1-6,9,16H,7-8H2/i15-1. The van der Waals surface area contributed by atoms with Crippen LogP contribution in [0.5, 0.6) is 5.75 Å². The molecule has 1 aromatic heterocycles. The average Bonchev–Trinajstić information content (AvgIpc) is 2.74. The van der Waals surface area contributed by atoms with Crippen molar-refractivity contribution in [3.8, 4) is 5.75 Å². The molecule has 0 fully saturated rings. The average molecular weight is 228 g/mol. The van der Waals surface area contributed by atoms with E-state index in [4.69, 9.17) is 4.74 Å². The van der Waals surface area contributed by atoms with Crippen LogP contribution in [0.3, 0.4) is 0 Å². The molecule has 0 aliphatic carbocycles. The largest absolute Gasteiger partial charge is 0.491 e. The lowest BCUT2D eigenvalue weighted by molar-refractivity contribution is 0.273. The van der Waals surface area contributed by atoms with Gasteiger partial charge in [-0.1, -0.05) is 18.2 Å². The molecule has 0 bridgehead atoms. The Morgan fingerprint density at radius 3 is 2.71 bits per heavy atom. The van der Waals surface area contributed by atoms with E-state index in [1.165, 1.54) is 5.39 Å². The number of alkyl halides is 1. The minimum Gasteiger partial charge on any atom is -0.491 e. The first kappa shape index (κ1) is 10.1. The SMILES string of the molecule is [18F]CCOc1ccc2c(c1)[nH]c1ccccc12. The van der Waals surface area contributed by atoms with E-state index < -0.39 is 6.67 Å². The van der Waals surface area contributed by atoms with E-state index in [2.05, 4.69) is 11.1 Å². The highest BCUT2D eigenvalue weighted by atomic mass is 18.2. The van der Waals surface area contributed by atoms with Crippen molar-refractivity contribution in [2.45, 2.75) is 0 Å². The summed E-state index contributed by atoms with van der Waals surface area (Å²) in [4.78, 5) is 3.32. The number of aromatic amines is 1. The van der Waals surface area contributed by atoms with Gasteiger partial charge in [0.1, 0.15) is 19.0 Å². The molecule has 0 amide bonds. The minimum atomic E-state index is -0.468. The second-order valence-electron chi connectivity index (χ2n) is 3.92. The van der Waals surface area contributed by atoms with Crippen molar-refractivity contribution in [1.29, 1.82) is 0 Å². The first-order valence-electron chi connectivity index (χ1n) is 5.58. The Balaban J connectivity index is 2.13. The van der Waals surface area contributed by atoms with Crippen molar-refractivity contribution in [2.75, 3.05) is 13.3 Å². The molecule has 0 aliphatic rings. The van der Waals surface area contributed by atoms with Gasteiger partial charge in [0.05, 0.1) is 5.52 Å². The zero-order valence-electron chi connectivity index (χ0n) is 9.24. The van der Waals surface area contributed by atoms with Crippen LogP contribution < -0.4 is 4.74 Å². The number of para-hydroxylation sites is 1. The van der Waals surface area contributed by atoms with Gasteiger partial charge in [0.25, 0.3) is 0 Å². The third-order valence-corrected chi connectivity index (χ3v) is 2.82. The molecule has 0 atom stereocenters. The van der Waals surface area contributed by atoms with Crippen molar-refractivity contribution in [3.63, 3.8) is 0 Å². The summed E-state index contributed by atoms with van der Waals surface area (Å²) in [6.07, 6.45) is 0. The number of rotatable bonds is 3. The Labute approximate surface area is 98.0 Å². The highest BCUT2D eigenvalue weighted by molar-refractivity contribution is 6.07. The Morgan fingerprint density at radius 2 is 1.82 bits per heavy atom. The van der Waals surface area contributed by atoms with Gasteiger partial charge in [0.2, 0.25) is 0 Å². The van der Waals surface area contributed by atoms with Gasteiger partial charge in [-0.3, -0.25) is 0 Å². The van der Waals surface area contributed by atoms with E-state index in [0.717, 1.165) is 16.4 Å². The fourth-order valence-corrected chi connectivity index (χ4v) is 2.08. The van der Waals surface area contributed by atoms with E-state index in [9.17, 15) is 4.39 Å². The van der Waals surface area contributed by atoms with Gasteiger partial charge in [-0.05, 0) is 18.2 Å². The van der Waals surface area contributed by atoms with Crippen LogP contribution in [0.15, 0.2) is 42.5 Å².